The van der Waals surface area contributed by atoms with E-state index in [2.05, 4.69) is 44.5 Å². The Morgan fingerprint density at radius 2 is 2.00 bits per heavy atom. The first kappa shape index (κ1) is 16.4. The van der Waals surface area contributed by atoms with Crippen LogP contribution in [0.5, 0.6) is 5.88 Å². The molecule has 0 atom stereocenters. The molecule has 2 aromatic rings. The van der Waals surface area contributed by atoms with E-state index in [1.165, 1.54) is 19.0 Å². The van der Waals surface area contributed by atoms with Crippen molar-refractivity contribution >= 4 is 5.91 Å². The molecule has 24 heavy (non-hydrogen) atoms. The van der Waals surface area contributed by atoms with Crippen LogP contribution in [0.4, 0.5) is 0 Å². The van der Waals surface area contributed by atoms with E-state index in [0.29, 0.717) is 11.6 Å². The van der Waals surface area contributed by atoms with Gasteiger partial charge in [-0.3, -0.25) is 9.69 Å². The Kier molecular flexibility index (Phi) is 5.38. The van der Waals surface area contributed by atoms with Crippen molar-refractivity contribution in [3.63, 3.8) is 0 Å². The highest BCUT2D eigenvalue weighted by Gasteiger charge is 2.21. The summed E-state index contributed by atoms with van der Waals surface area (Å²) in [5.74, 6) is 0.227. The van der Waals surface area contributed by atoms with Crippen molar-refractivity contribution < 1.29 is 9.53 Å². The van der Waals surface area contributed by atoms with Crippen LogP contribution < -0.4 is 10.1 Å². The van der Waals surface area contributed by atoms with Crippen LogP contribution in [-0.2, 0) is 6.54 Å². The zero-order valence-corrected chi connectivity index (χ0v) is 13.8. The summed E-state index contributed by atoms with van der Waals surface area (Å²) in [4.78, 5) is 22.6. The molecule has 1 fully saturated rings. The number of hydrogen-bond acceptors (Lipinski definition) is 5. The van der Waals surface area contributed by atoms with E-state index in [1.807, 2.05) is 6.07 Å². The Hall–Kier alpha value is -2.47. The monoisotopic (exact) mass is 326 g/mol. The number of piperidine rings is 1. The van der Waals surface area contributed by atoms with Crippen molar-refractivity contribution in [3.8, 4) is 5.88 Å². The fourth-order valence-corrected chi connectivity index (χ4v) is 2.91. The molecule has 0 aliphatic carbocycles. The SMILES string of the molecule is COc1cc(C(=O)NC2CCN(Cc3ccccc3)CC2)ncn1. The molecule has 0 saturated carbocycles. The highest BCUT2D eigenvalue weighted by Crippen LogP contribution is 2.14. The average Bonchev–Trinajstić information content (AvgIpc) is 2.64. The molecule has 0 bridgehead atoms. The zero-order valence-electron chi connectivity index (χ0n) is 13.8. The van der Waals surface area contributed by atoms with Gasteiger partial charge in [0, 0.05) is 31.7 Å². The average molecular weight is 326 g/mol. The van der Waals surface area contributed by atoms with Gasteiger partial charge < -0.3 is 10.1 Å². The molecular formula is C18H22N4O2. The lowest BCUT2D eigenvalue weighted by Gasteiger charge is -2.32. The van der Waals surface area contributed by atoms with E-state index in [1.54, 1.807) is 6.07 Å². The van der Waals surface area contributed by atoms with Gasteiger partial charge in [-0.25, -0.2) is 9.97 Å². The van der Waals surface area contributed by atoms with Crippen molar-refractivity contribution in [2.75, 3.05) is 20.2 Å². The van der Waals surface area contributed by atoms with E-state index in [-0.39, 0.29) is 11.9 Å². The second kappa shape index (κ2) is 7.88. The maximum atomic E-state index is 12.3. The van der Waals surface area contributed by atoms with Gasteiger partial charge >= 0.3 is 0 Å². The van der Waals surface area contributed by atoms with Crippen LogP contribution in [0.25, 0.3) is 0 Å². The number of nitrogens with zero attached hydrogens (tertiary/aromatic N) is 3. The maximum Gasteiger partial charge on any atom is 0.270 e. The quantitative estimate of drug-likeness (QED) is 0.909. The Balaban J connectivity index is 1.49. The summed E-state index contributed by atoms with van der Waals surface area (Å²) in [5.41, 5.74) is 1.67. The minimum Gasteiger partial charge on any atom is -0.481 e. The summed E-state index contributed by atoms with van der Waals surface area (Å²) < 4.78 is 5.03. The van der Waals surface area contributed by atoms with Gasteiger partial charge in [-0.15, -0.1) is 0 Å². The van der Waals surface area contributed by atoms with Gasteiger partial charge in [0.15, 0.2) is 0 Å². The lowest BCUT2D eigenvalue weighted by atomic mass is 10.0. The minimum absolute atomic E-state index is 0.169. The standard InChI is InChI=1S/C18H22N4O2/c1-24-17-11-16(19-13-20-17)18(23)21-15-7-9-22(10-8-15)12-14-5-3-2-4-6-14/h2-6,11,13,15H,7-10,12H2,1H3,(H,21,23). The summed E-state index contributed by atoms with van der Waals surface area (Å²) in [6.45, 7) is 2.92. The number of aromatic nitrogens is 2. The number of rotatable bonds is 5. The Morgan fingerprint density at radius 1 is 1.25 bits per heavy atom. The van der Waals surface area contributed by atoms with Gasteiger partial charge in [0.1, 0.15) is 12.0 Å². The third-order valence-corrected chi connectivity index (χ3v) is 4.26. The first-order valence-corrected chi connectivity index (χ1v) is 8.18. The van der Waals surface area contributed by atoms with E-state index < -0.39 is 0 Å². The third-order valence-electron chi connectivity index (χ3n) is 4.26. The number of ether oxygens (including phenoxy) is 1. The molecule has 0 radical (unpaired) electrons. The Morgan fingerprint density at radius 3 is 2.71 bits per heavy atom. The highest BCUT2D eigenvalue weighted by atomic mass is 16.5. The van der Waals surface area contributed by atoms with Gasteiger partial charge in [-0.1, -0.05) is 30.3 Å². The molecule has 6 nitrogen and oxygen atoms in total. The van der Waals surface area contributed by atoms with Crippen LogP contribution in [0.1, 0.15) is 28.9 Å². The number of benzene rings is 1. The molecule has 6 heteroatoms. The molecule has 126 valence electrons. The maximum absolute atomic E-state index is 12.3. The predicted molar refractivity (Wildman–Crippen MR) is 90.8 cm³/mol. The van der Waals surface area contributed by atoms with Crippen LogP contribution >= 0.6 is 0 Å². The van der Waals surface area contributed by atoms with Crippen LogP contribution in [0, 0.1) is 0 Å². The van der Waals surface area contributed by atoms with Crippen LogP contribution in [0.2, 0.25) is 0 Å². The van der Waals surface area contributed by atoms with E-state index in [0.717, 1.165) is 32.5 Å². The lowest BCUT2D eigenvalue weighted by Crippen LogP contribution is -2.44. The molecule has 1 aromatic carbocycles. The van der Waals surface area contributed by atoms with Crippen molar-refractivity contribution in [2.45, 2.75) is 25.4 Å². The number of carbonyl (C=O) groups is 1. The van der Waals surface area contributed by atoms with E-state index in [4.69, 9.17) is 4.74 Å². The molecule has 2 heterocycles. The van der Waals surface area contributed by atoms with Gasteiger partial charge in [-0.05, 0) is 18.4 Å². The fourth-order valence-electron chi connectivity index (χ4n) is 2.91. The topological polar surface area (TPSA) is 67.3 Å². The summed E-state index contributed by atoms with van der Waals surface area (Å²) in [6.07, 6.45) is 3.23. The molecule has 3 rings (SSSR count). The summed E-state index contributed by atoms with van der Waals surface area (Å²) in [5, 5.41) is 3.06. The van der Waals surface area contributed by atoms with Crippen LogP contribution in [0.3, 0.4) is 0 Å². The molecular weight excluding hydrogens is 304 g/mol. The lowest BCUT2D eigenvalue weighted by molar-refractivity contribution is 0.0903. The van der Waals surface area contributed by atoms with Gasteiger partial charge in [0.05, 0.1) is 7.11 Å². The number of carbonyl (C=O) groups excluding carboxylic acids is 1. The third kappa shape index (κ3) is 4.29. The molecule has 1 aromatic heterocycles. The van der Waals surface area contributed by atoms with Gasteiger partial charge in [-0.2, -0.15) is 0 Å². The van der Waals surface area contributed by atoms with Gasteiger partial charge in [0.2, 0.25) is 5.88 Å². The molecule has 1 saturated heterocycles. The highest BCUT2D eigenvalue weighted by molar-refractivity contribution is 5.92. The molecule has 1 amide bonds. The van der Waals surface area contributed by atoms with Crippen molar-refractivity contribution in [3.05, 3.63) is 54.0 Å². The first-order valence-electron chi connectivity index (χ1n) is 8.18. The van der Waals surface area contributed by atoms with Crippen LogP contribution in [-0.4, -0.2) is 47.0 Å². The van der Waals surface area contributed by atoms with Crippen molar-refractivity contribution in [1.29, 1.82) is 0 Å². The molecule has 1 N–H and O–H groups in total. The Labute approximate surface area is 141 Å². The van der Waals surface area contributed by atoms with Gasteiger partial charge in [0.25, 0.3) is 5.91 Å². The molecule has 1 aliphatic rings. The normalized spacial score (nSPS) is 15.9. The Bertz CT molecular complexity index is 670. The number of amides is 1. The zero-order chi connectivity index (χ0) is 16.8. The predicted octanol–water partition coefficient (Wildman–Crippen LogP) is 1.88. The number of likely N-dealkylation sites (tertiary alicyclic amines) is 1. The summed E-state index contributed by atoms with van der Waals surface area (Å²) in [7, 11) is 1.52. The van der Waals surface area contributed by atoms with Crippen molar-refractivity contribution in [1.82, 2.24) is 20.2 Å². The summed E-state index contributed by atoms with van der Waals surface area (Å²) in [6, 6.07) is 12.2. The van der Waals surface area contributed by atoms with Crippen molar-refractivity contribution in [2.24, 2.45) is 0 Å². The van der Waals surface area contributed by atoms with E-state index in [9.17, 15) is 4.79 Å². The number of hydrogen-bond donors (Lipinski definition) is 1. The van der Waals surface area contributed by atoms with Crippen LogP contribution in [0.15, 0.2) is 42.7 Å². The number of nitrogens with one attached hydrogen (secondary N) is 1. The second-order valence-corrected chi connectivity index (χ2v) is 5.96. The molecule has 0 unspecified atom stereocenters. The minimum atomic E-state index is -0.169. The number of methoxy groups -OCH3 is 1. The largest absolute Gasteiger partial charge is 0.481 e. The molecule has 1 aliphatic heterocycles. The first-order chi connectivity index (χ1) is 11.7. The van der Waals surface area contributed by atoms with E-state index >= 15 is 0 Å². The fraction of sp³-hybridized carbons (Fsp3) is 0.389. The smallest absolute Gasteiger partial charge is 0.270 e. The second-order valence-electron chi connectivity index (χ2n) is 5.96. The summed E-state index contributed by atoms with van der Waals surface area (Å²) >= 11 is 0. The molecule has 0 spiro atoms.